The molecule has 5 heteroatoms. The van der Waals surface area contributed by atoms with Crippen LogP contribution in [0.2, 0.25) is 0 Å². The van der Waals surface area contributed by atoms with Gasteiger partial charge in [0, 0.05) is 6.07 Å². The van der Waals surface area contributed by atoms with Gasteiger partial charge < -0.3 is 19.5 Å². The van der Waals surface area contributed by atoms with Crippen LogP contribution in [0.3, 0.4) is 0 Å². The molecule has 0 atom stereocenters. The molecule has 0 fully saturated rings. The highest BCUT2D eigenvalue weighted by atomic mass is 16.5. The first-order valence-electron chi connectivity index (χ1n) is 6.84. The van der Waals surface area contributed by atoms with Crippen molar-refractivity contribution in [3.63, 3.8) is 0 Å². The molecule has 0 aliphatic carbocycles. The number of nitrogens with one attached hydrogen (secondary N) is 1. The second kappa shape index (κ2) is 7.36. The Morgan fingerprint density at radius 1 is 1.05 bits per heavy atom. The highest BCUT2D eigenvalue weighted by molar-refractivity contribution is 5.93. The lowest BCUT2D eigenvalue weighted by Gasteiger charge is -2.12. The minimum atomic E-state index is -0.258. The summed E-state index contributed by atoms with van der Waals surface area (Å²) in [5.41, 5.74) is 1.55. The van der Waals surface area contributed by atoms with Gasteiger partial charge in [-0.25, -0.2) is 0 Å². The molecule has 5 nitrogen and oxygen atoms in total. The summed E-state index contributed by atoms with van der Waals surface area (Å²) in [4.78, 5) is 12.0. The van der Waals surface area contributed by atoms with Crippen molar-refractivity contribution in [2.24, 2.45) is 0 Å². The molecule has 0 saturated heterocycles. The molecule has 0 aliphatic rings. The number of anilines is 1. The number of aryl methyl sites for hydroxylation is 1. The maximum absolute atomic E-state index is 12.0. The number of carbonyl (C=O) groups excluding carboxylic acids is 1. The van der Waals surface area contributed by atoms with Crippen LogP contribution in [0.5, 0.6) is 17.2 Å². The second-order valence-corrected chi connectivity index (χ2v) is 4.67. The summed E-state index contributed by atoms with van der Waals surface area (Å²) in [5.74, 6) is 1.63. The van der Waals surface area contributed by atoms with E-state index in [1.54, 1.807) is 25.3 Å². The summed E-state index contributed by atoms with van der Waals surface area (Å²) >= 11 is 0. The van der Waals surface area contributed by atoms with Gasteiger partial charge in [0.1, 0.15) is 17.2 Å². The van der Waals surface area contributed by atoms with Gasteiger partial charge in [0.2, 0.25) is 0 Å². The number of benzene rings is 2. The molecule has 0 saturated carbocycles. The van der Waals surface area contributed by atoms with Crippen LogP contribution in [-0.2, 0) is 4.79 Å². The summed E-state index contributed by atoms with van der Waals surface area (Å²) in [7, 11) is 3.11. The molecule has 0 spiro atoms. The third-order valence-corrected chi connectivity index (χ3v) is 3.14. The predicted molar refractivity (Wildman–Crippen MR) is 84.8 cm³/mol. The molecule has 2 aromatic carbocycles. The van der Waals surface area contributed by atoms with Crippen molar-refractivity contribution >= 4 is 11.6 Å². The summed E-state index contributed by atoms with van der Waals surface area (Å²) in [6, 6.07) is 12.7. The van der Waals surface area contributed by atoms with Gasteiger partial charge in [0.05, 0.1) is 19.9 Å². The lowest BCUT2D eigenvalue weighted by atomic mass is 10.2. The standard InChI is InChI=1S/C17H19NO4/c1-12-6-4-5-7-15(12)22-11-17(19)18-14-9-8-13(20-2)10-16(14)21-3/h4-10H,11H2,1-3H3,(H,18,19). The lowest BCUT2D eigenvalue weighted by molar-refractivity contribution is -0.118. The van der Waals surface area contributed by atoms with Crippen LogP contribution < -0.4 is 19.5 Å². The van der Waals surface area contributed by atoms with Gasteiger partial charge in [0.25, 0.3) is 5.91 Å². The molecule has 0 aromatic heterocycles. The van der Waals surface area contributed by atoms with Crippen molar-refractivity contribution in [3.8, 4) is 17.2 Å². The number of rotatable bonds is 6. The highest BCUT2D eigenvalue weighted by Gasteiger charge is 2.10. The molecule has 1 amide bonds. The van der Waals surface area contributed by atoms with E-state index < -0.39 is 0 Å². The zero-order chi connectivity index (χ0) is 15.9. The van der Waals surface area contributed by atoms with Crippen molar-refractivity contribution in [2.75, 3.05) is 26.1 Å². The number of para-hydroxylation sites is 1. The van der Waals surface area contributed by atoms with Gasteiger partial charge in [-0.2, -0.15) is 0 Å². The van der Waals surface area contributed by atoms with Gasteiger partial charge in [-0.15, -0.1) is 0 Å². The Bertz CT molecular complexity index is 655. The molecule has 0 unspecified atom stereocenters. The maximum atomic E-state index is 12.0. The molecule has 0 heterocycles. The number of hydrogen-bond acceptors (Lipinski definition) is 4. The van der Waals surface area contributed by atoms with Crippen molar-refractivity contribution in [1.29, 1.82) is 0 Å². The first-order chi connectivity index (χ1) is 10.6. The van der Waals surface area contributed by atoms with Crippen molar-refractivity contribution in [2.45, 2.75) is 6.92 Å². The zero-order valence-corrected chi connectivity index (χ0v) is 12.9. The molecule has 22 heavy (non-hydrogen) atoms. The van der Waals surface area contributed by atoms with Gasteiger partial charge in [-0.3, -0.25) is 4.79 Å². The molecule has 0 aliphatic heterocycles. The van der Waals surface area contributed by atoms with E-state index >= 15 is 0 Å². The first kappa shape index (κ1) is 15.7. The van der Waals surface area contributed by atoms with Gasteiger partial charge in [0.15, 0.2) is 6.61 Å². The van der Waals surface area contributed by atoms with Gasteiger partial charge in [-0.1, -0.05) is 18.2 Å². The Labute approximate surface area is 129 Å². The van der Waals surface area contributed by atoms with Crippen molar-refractivity contribution in [1.82, 2.24) is 0 Å². The fourth-order valence-corrected chi connectivity index (χ4v) is 1.95. The van der Waals surface area contributed by atoms with E-state index in [0.29, 0.717) is 22.9 Å². The van der Waals surface area contributed by atoms with Crippen molar-refractivity contribution < 1.29 is 19.0 Å². The molecule has 0 bridgehead atoms. The second-order valence-electron chi connectivity index (χ2n) is 4.67. The van der Waals surface area contributed by atoms with Crippen LogP contribution in [0.4, 0.5) is 5.69 Å². The maximum Gasteiger partial charge on any atom is 0.262 e. The summed E-state index contributed by atoms with van der Waals surface area (Å²) in [5, 5.41) is 2.76. The number of amides is 1. The van der Waals surface area contributed by atoms with Crippen LogP contribution in [-0.4, -0.2) is 26.7 Å². The van der Waals surface area contributed by atoms with E-state index in [9.17, 15) is 4.79 Å². The van der Waals surface area contributed by atoms with E-state index in [2.05, 4.69) is 5.32 Å². The Hall–Kier alpha value is -2.69. The molecular weight excluding hydrogens is 282 g/mol. The van der Waals surface area contributed by atoms with Crippen LogP contribution in [0, 0.1) is 6.92 Å². The Balaban J connectivity index is 1.99. The Kier molecular flexibility index (Phi) is 5.25. The first-order valence-corrected chi connectivity index (χ1v) is 6.84. The molecule has 0 radical (unpaired) electrons. The average molecular weight is 301 g/mol. The zero-order valence-electron chi connectivity index (χ0n) is 12.9. The number of methoxy groups -OCH3 is 2. The fourth-order valence-electron chi connectivity index (χ4n) is 1.95. The SMILES string of the molecule is COc1ccc(NC(=O)COc2ccccc2C)c(OC)c1. The highest BCUT2D eigenvalue weighted by Crippen LogP contribution is 2.29. The normalized spacial score (nSPS) is 9.95. The largest absolute Gasteiger partial charge is 0.497 e. The quantitative estimate of drug-likeness (QED) is 0.891. The number of hydrogen-bond donors (Lipinski definition) is 1. The van der Waals surface area contributed by atoms with Crippen LogP contribution in [0.25, 0.3) is 0 Å². The summed E-state index contributed by atoms with van der Waals surface area (Å²) in [6.07, 6.45) is 0. The van der Waals surface area contributed by atoms with E-state index in [-0.39, 0.29) is 12.5 Å². The Morgan fingerprint density at radius 2 is 1.82 bits per heavy atom. The van der Waals surface area contributed by atoms with Gasteiger partial charge in [-0.05, 0) is 30.7 Å². The van der Waals surface area contributed by atoms with E-state index in [0.717, 1.165) is 5.56 Å². The van der Waals surface area contributed by atoms with E-state index in [1.807, 2.05) is 31.2 Å². The molecule has 2 aromatic rings. The number of ether oxygens (including phenoxy) is 3. The average Bonchev–Trinajstić information content (AvgIpc) is 2.54. The van der Waals surface area contributed by atoms with E-state index in [4.69, 9.17) is 14.2 Å². The van der Waals surface area contributed by atoms with Crippen LogP contribution >= 0.6 is 0 Å². The van der Waals surface area contributed by atoms with Crippen LogP contribution in [0.1, 0.15) is 5.56 Å². The minimum Gasteiger partial charge on any atom is -0.497 e. The summed E-state index contributed by atoms with van der Waals surface area (Å²) in [6.45, 7) is 1.86. The summed E-state index contributed by atoms with van der Waals surface area (Å²) < 4.78 is 15.9. The monoisotopic (exact) mass is 301 g/mol. The molecule has 2 rings (SSSR count). The third kappa shape index (κ3) is 3.91. The van der Waals surface area contributed by atoms with E-state index in [1.165, 1.54) is 7.11 Å². The predicted octanol–water partition coefficient (Wildman–Crippen LogP) is 3.03. The topological polar surface area (TPSA) is 56.8 Å². The lowest BCUT2D eigenvalue weighted by Crippen LogP contribution is -2.20. The van der Waals surface area contributed by atoms with Crippen LogP contribution in [0.15, 0.2) is 42.5 Å². The number of carbonyl (C=O) groups is 1. The smallest absolute Gasteiger partial charge is 0.262 e. The van der Waals surface area contributed by atoms with Crippen molar-refractivity contribution in [3.05, 3.63) is 48.0 Å². The molecular formula is C17H19NO4. The minimum absolute atomic E-state index is 0.0694. The Morgan fingerprint density at radius 3 is 2.50 bits per heavy atom. The van der Waals surface area contributed by atoms with Gasteiger partial charge >= 0.3 is 0 Å². The fraction of sp³-hybridized carbons (Fsp3) is 0.235. The molecule has 1 N–H and O–H groups in total. The third-order valence-electron chi connectivity index (χ3n) is 3.14. The molecule has 116 valence electrons.